The quantitative estimate of drug-likeness (QED) is 0.837. The lowest BCUT2D eigenvalue weighted by Gasteiger charge is -2.29. The van der Waals surface area contributed by atoms with Gasteiger partial charge in [0.05, 0.1) is 0 Å². The largest absolute Gasteiger partial charge is 0.337 e. The summed E-state index contributed by atoms with van der Waals surface area (Å²) in [6.07, 6.45) is 7.41. The van der Waals surface area contributed by atoms with Gasteiger partial charge < -0.3 is 4.90 Å². The van der Waals surface area contributed by atoms with Gasteiger partial charge in [-0.25, -0.2) is 13.4 Å². The first-order valence-corrected chi connectivity index (χ1v) is 10.2. The second kappa shape index (κ2) is 7.19. The molecule has 6 nitrogen and oxygen atoms in total. The maximum atomic E-state index is 13.1. The topological polar surface area (TPSA) is 70.6 Å². The first-order chi connectivity index (χ1) is 11.5. The number of amides is 1. The summed E-state index contributed by atoms with van der Waals surface area (Å²) in [6, 6.07) is 1.59. The lowest BCUT2D eigenvalue weighted by Crippen LogP contribution is -2.39. The SMILES string of the molecule is Cc1cnc(C(=O)N2CCCCC2)c(S(=O)(=O)N2CCCCC2)c1. The zero-order valence-electron chi connectivity index (χ0n) is 14.2. The van der Waals surface area contributed by atoms with E-state index in [0.29, 0.717) is 26.2 Å². The molecule has 0 aliphatic carbocycles. The molecule has 2 aliphatic rings. The fraction of sp³-hybridized carbons (Fsp3) is 0.647. The number of sulfonamides is 1. The number of aromatic nitrogens is 1. The van der Waals surface area contributed by atoms with Crippen molar-refractivity contribution in [2.75, 3.05) is 26.2 Å². The molecule has 2 saturated heterocycles. The van der Waals surface area contributed by atoms with Crippen LogP contribution in [0.25, 0.3) is 0 Å². The zero-order valence-corrected chi connectivity index (χ0v) is 15.0. The van der Waals surface area contributed by atoms with Crippen molar-refractivity contribution in [3.63, 3.8) is 0 Å². The third kappa shape index (κ3) is 3.47. The maximum Gasteiger partial charge on any atom is 0.273 e. The Balaban J connectivity index is 1.97. The van der Waals surface area contributed by atoms with Crippen molar-refractivity contribution in [1.82, 2.24) is 14.2 Å². The molecular weight excluding hydrogens is 326 g/mol. The summed E-state index contributed by atoms with van der Waals surface area (Å²) in [5.74, 6) is -0.259. The number of hydrogen-bond acceptors (Lipinski definition) is 4. The van der Waals surface area contributed by atoms with E-state index in [2.05, 4.69) is 4.98 Å². The molecular formula is C17H25N3O3S. The van der Waals surface area contributed by atoms with Crippen LogP contribution in [-0.4, -0.2) is 54.7 Å². The molecule has 7 heteroatoms. The standard InChI is InChI=1S/C17H25N3O3S/c1-14-12-15(24(22,23)20-10-6-3-7-11-20)16(18-13-14)17(21)19-8-4-2-5-9-19/h12-13H,2-11H2,1H3. The summed E-state index contributed by atoms with van der Waals surface area (Å²) in [6.45, 7) is 4.20. The second-order valence-electron chi connectivity index (χ2n) is 6.68. The van der Waals surface area contributed by atoms with Crippen LogP contribution >= 0.6 is 0 Å². The normalized spacial score (nSPS) is 20.1. The Morgan fingerprint density at radius 3 is 2.21 bits per heavy atom. The van der Waals surface area contributed by atoms with Gasteiger partial charge >= 0.3 is 0 Å². The third-order valence-electron chi connectivity index (χ3n) is 4.77. The summed E-state index contributed by atoms with van der Waals surface area (Å²) >= 11 is 0. The van der Waals surface area contributed by atoms with Crippen molar-refractivity contribution in [2.24, 2.45) is 0 Å². The zero-order chi connectivity index (χ0) is 17.2. The molecule has 24 heavy (non-hydrogen) atoms. The van der Waals surface area contributed by atoms with Gasteiger partial charge in [-0.3, -0.25) is 4.79 Å². The number of piperidine rings is 2. The highest BCUT2D eigenvalue weighted by Gasteiger charge is 2.32. The van der Waals surface area contributed by atoms with E-state index in [1.807, 2.05) is 0 Å². The minimum atomic E-state index is -3.68. The summed E-state index contributed by atoms with van der Waals surface area (Å²) < 4.78 is 27.6. The maximum absolute atomic E-state index is 13.1. The van der Waals surface area contributed by atoms with E-state index in [-0.39, 0.29) is 16.5 Å². The van der Waals surface area contributed by atoms with Gasteiger partial charge in [-0.15, -0.1) is 0 Å². The van der Waals surface area contributed by atoms with Crippen molar-refractivity contribution in [2.45, 2.75) is 50.3 Å². The van der Waals surface area contributed by atoms with Crippen LogP contribution in [0.1, 0.15) is 54.6 Å². The van der Waals surface area contributed by atoms with Gasteiger partial charge in [0.1, 0.15) is 10.6 Å². The summed E-state index contributed by atoms with van der Waals surface area (Å²) in [5.41, 5.74) is 0.828. The second-order valence-corrected chi connectivity index (χ2v) is 8.58. The third-order valence-corrected chi connectivity index (χ3v) is 6.68. The number of nitrogens with zero attached hydrogens (tertiary/aromatic N) is 3. The average Bonchev–Trinajstić information content (AvgIpc) is 2.62. The molecule has 0 radical (unpaired) electrons. The summed E-state index contributed by atoms with van der Waals surface area (Å²) in [4.78, 5) is 18.9. The van der Waals surface area contributed by atoms with Gasteiger partial charge in [0.25, 0.3) is 5.91 Å². The number of hydrogen-bond donors (Lipinski definition) is 0. The lowest BCUT2D eigenvalue weighted by atomic mass is 10.1. The monoisotopic (exact) mass is 351 g/mol. The fourth-order valence-corrected chi connectivity index (χ4v) is 5.13. The summed E-state index contributed by atoms with van der Waals surface area (Å²) in [5, 5.41) is 0. The molecule has 3 heterocycles. The van der Waals surface area contributed by atoms with Crippen LogP contribution < -0.4 is 0 Å². The van der Waals surface area contributed by atoms with Crippen LogP contribution in [0.15, 0.2) is 17.2 Å². The van der Waals surface area contributed by atoms with E-state index in [1.165, 1.54) is 4.31 Å². The molecule has 1 aromatic rings. The molecule has 3 rings (SSSR count). The average molecular weight is 351 g/mol. The van der Waals surface area contributed by atoms with Gasteiger partial charge in [0.15, 0.2) is 0 Å². The number of aryl methyl sites for hydroxylation is 1. The molecule has 132 valence electrons. The number of rotatable bonds is 3. The Kier molecular flexibility index (Phi) is 5.20. The molecule has 0 aromatic carbocycles. The van der Waals surface area contributed by atoms with Crippen LogP contribution in [0, 0.1) is 6.92 Å². The Hall–Kier alpha value is -1.47. The molecule has 1 amide bonds. The van der Waals surface area contributed by atoms with E-state index in [0.717, 1.165) is 44.1 Å². The van der Waals surface area contributed by atoms with E-state index in [9.17, 15) is 13.2 Å². The summed E-state index contributed by atoms with van der Waals surface area (Å²) in [7, 11) is -3.68. The number of likely N-dealkylation sites (tertiary alicyclic amines) is 1. The Bertz CT molecular complexity index is 706. The highest BCUT2D eigenvalue weighted by Crippen LogP contribution is 2.25. The van der Waals surface area contributed by atoms with Crippen molar-refractivity contribution in [3.05, 3.63) is 23.5 Å². The van der Waals surface area contributed by atoms with Gasteiger partial charge in [0.2, 0.25) is 10.0 Å². The molecule has 0 unspecified atom stereocenters. The smallest absolute Gasteiger partial charge is 0.273 e. The van der Waals surface area contributed by atoms with Crippen LogP contribution in [0.3, 0.4) is 0 Å². The van der Waals surface area contributed by atoms with Crippen LogP contribution in [-0.2, 0) is 10.0 Å². The minimum Gasteiger partial charge on any atom is -0.337 e. The van der Waals surface area contributed by atoms with Gasteiger partial charge in [-0.05, 0) is 50.7 Å². The first-order valence-electron chi connectivity index (χ1n) is 8.76. The van der Waals surface area contributed by atoms with E-state index in [1.54, 1.807) is 24.1 Å². The van der Waals surface area contributed by atoms with Crippen molar-refractivity contribution in [1.29, 1.82) is 0 Å². The van der Waals surface area contributed by atoms with Gasteiger partial charge in [-0.2, -0.15) is 4.31 Å². The Morgan fingerprint density at radius 2 is 1.58 bits per heavy atom. The van der Waals surface area contributed by atoms with E-state index >= 15 is 0 Å². The predicted molar refractivity (Wildman–Crippen MR) is 91.3 cm³/mol. The van der Waals surface area contributed by atoms with Gasteiger partial charge in [-0.1, -0.05) is 6.42 Å². The molecule has 0 N–H and O–H groups in total. The van der Waals surface area contributed by atoms with Crippen LogP contribution in [0.2, 0.25) is 0 Å². The van der Waals surface area contributed by atoms with E-state index < -0.39 is 10.0 Å². The lowest BCUT2D eigenvalue weighted by molar-refractivity contribution is 0.0714. The van der Waals surface area contributed by atoms with E-state index in [4.69, 9.17) is 0 Å². The van der Waals surface area contributed by atoms with Crippen molar-refractivity contribution < 1.29 is 13.2 Å². The van der Waals surface area contributed by atoms with Crippen molar-refractivity contribution >= 4 is 15.9 Å². The number of carbonyl (C=O) groups excluding carboxylic acids is 1. The Morgan fingerprint density at radius 1 is 1.00 bits per heavy atom. The Labute approximate surface area is 143 Å². The first kappa shape index (κ1) is 17.4. The fourth-order valence-electron chi connectivity index (χ4n) is 3.39. The molecule has 2 aliphatic heterocycles. The highest BCUT2D eigenvalue weighted by atomic mass is 32.2. The molecule has 1 aromatic heterocycles. The number of carbonyl (C=O) groups is 1. The molecule has 2 fully saturated rings. The number of pyridine rings is 1. The highest BCUT2D eigenvalue weighted by molar-refractivity contribution is 7.89. The van der Waals surface area contributed by atoms with Crippen LogP contribution in [0.5, 0.6) is 0 Å². The predicted octanol–water partition coefficient (Wildman–Crippen LogP) is 2.19. The molecule has 0 saturated carbocycles. The van der Waals surface area contributed by atoms with Gasteiger partial charge in [0, 0.05) is 32.4 Å². The molecule has 0 spiro atoms. The van der Waals surface area contributed by atoms with Crippen molar-refractivity contribution in [3.8, 4) is 0 Å². The minimum absolute atomic E-state index is 0.0694. The van der Waals surface area contributed by atoms with Crippen LogP contribution in [0.4, 0.5) is 0 Å². The molecule has 0 bridgehead atoms. The molecule has 0 atom stereocenters.